The maximum Gasteiger partial charge on any atom is 0.123 e. The molecule has 3 aromatic rings. The molecular weight excluding hydrogens is 300 g/mol. The number of aromatic nitrogens is 1. The summed E-state index contributed by atoms with van der Waals surface area (Å²) in [7, 11) is 0. The minimum absolute atomic E-state index is 0.782. The predicted molar refractivity (Wildman–Crippen MR) is 91.1 cm³/mol. The van der Waals surface area contributed by atoms with Crippen molar-refractivity contribution in [2.45, 2.75) is 13.5 Å². The van der Waals surface area contributed by atoms with Gasteiger partial charge in [-0.25, -0.2) is 4.98 Å². The SMILES string of the molecule is Cc1cc(Cl)ccc1CNc1ccc(-c2nccs2)cc1. The third-order valence-corrected chi connectivity index (χ3v) is 4.41. The second kappa shape index (κ2) is 6.29. The van der Waals surface area contributed by atoms with Crippen LogP contribution in [0.15, 0.2) is 54.0 Å². The van der Waals surface area contributed by atoms with E-state index in [2.05, 4.69) is 47.6 Å². The van der Waals surface area contributed by atoms with Crippen molar-refractivity contribution >= 4 is 28.6 Å². The van der Waals surface area contributed by atoms with E-state index in [9.17, 15) is 0 Å². The summed E-state index contributed by atoms with van der Waals surface area (Å²) < 4.78 is 0. The molecule has 0 saturated heterocycles. The molecular formula is C17H15ClN2S. The van der Waals surface area contributed by atoms with Gasteiger partial charge in [-0.2, -0.15) is 0 Å². The number of hydrogen-bond acceptors (Lipinski definition) is 3. The molecule has 0 fully saturated rings. The van der Waals surface area contributed by atoms with Gasteiger partial charge in [0, 0.05) is 34.4 Å². The molecule has 0 unspecified atom stereocenters. The van der Waals surface area contributed by atoms with Crippen LogP contribution < -0.4 is 5.32 Å². The van der Waals surface area contributed by atoms with Crippen LogP contribution in [0.4, 0.5) is 5.69 Å². The van der Waals surface area contributed by atoms with Crippen LogP contribution in [0.3, 0.4) is 0 Å². The lowest BCUT2D eigenvalue weighted by atomic mass is 10.1. The van der Waals surface area contributed by atoms with Gasteiger partial charge in [-0.05, 0) is 54.4 Å². The molecule has 1 aromatic heterocycles. The first-order valence-corrected chi connectivity index (χ1v) is 7.97. The molecule has 0 atom stereocenters. The maximum atomic E-state index is 5.98. The van der Waals surface area contributed by atoms with Crippen LogP contribution in [0, 0.1) is 6.92 Å². The van der Waals surface area contributed by atoms with Gasteiger partial charge < -0.3 is 5.32 Å². The molecule has 4 heteroatoms. The molecule has 0 bridgehead atoms. The molecule has 2 aromatic carbocycles. The van der Waals surface area contributed by atoms with E-state index in [4.69, 9.17) is 11.6 Å². The van der Waals surface area contributed by atoms with Gasteiger partial charge in [0.25, 0.3) is 0 Å². The third kappa shape index (κ3) is 3.43. The summed E-state index contributed by atoms with van der Waals surface area (Å²) in [4.78, 5) is 4.32. The van der Waals surface area contributed by atoms with Crippen molar-refractivity contribution in [2.75, 3.05) is 5.32 Å². The fourth-order valence-electron chi connectivity index (χ4n) is 2.15. The standard InChI is InChI=1S/C17H15ClN2S/c1-12-10-15(18)5-2-14(12)11-20-16-6-3-13(4-7-16)17-19-8-9-21-17/h2-10,20H,11H2,1H3. The Bertz CT molecular complexity index is 721. The van der Waals surface area contributed by atoms with Gasteiger partial charge in [0.05, 0.1) is 0 Å². The normalized spacial score (nSPS) is 10.6. The zero-order valence-electron chi connectivity index (χ0n) is 11.6. The van der Waals surface area contributed by atoms with Crippen molar-refractivity contribution in [2.24, 2.45) is 0 Å². The average molecular weight is 315 g/mol. The van der Waals surface area contributed by atoms with Crippen LogP contribution in [-0.4, -0.2) is 4.98 Å². The fraction of sp³-hybridized carbons (Fsp3) is 0.118. The van der Waals surface area contributed by atoms with Crippen molar-refractivity contribution < 1.29 is 0 Å². The van der Waals surface area contributed by atoms with Gasteiger partial charge in [0.15, 0.2) is 0 Å². The number of anilines is 1. The van der Waals surface area contributed by atoms with E-state index < -0.39 is 0 Å². The molecule has 0 radical (unpaired) electrons. The molecule has 0 spiro atoms. The van der Waals surface area contributed by atoms with E-state index in [1.165, 1.54) is 11.1 Å². The summed E-state index contributed by atoms with van der Waals surface area (Å²) in [5.41, 5.74) is 4.71. The first-order valence-electron chi connectivity index (χ1n) is 6.71. The van der Waals surface area contributed by atoms with Gasteiger partial charge in [0.1, 0.15) is 5.01 Å². The van der Waals surface area contributed by atoms with Crippen LogP contribution >= 0.6 is 22.9 Å². The molecule has 1 N–H and O–H groups in total. The number of halogens is 1. The molecule has 3 rings (SSSR count). The van der Waals surface area contributed by atoms with E-state index in [1.807, 2.05) is 23.7 Å². The van der Waals surface area contributed by atoms with Crippen molar-refractivity contribution in [3.05, 3.63) is 70.2 Å². The zero-order chi connectivity index (χ0) is 14.7. The van der Waals surface area contributed by atoms with Crippen LogP contribution in [0.2, 0.25) is 5.02 Å². The van der Waals surface area contributed by atoms with Gasteiger partial charge >= 0.3 is 0 Å². The largest absolute Gasteiger partial charge is 0.381 e. The van der Waals surface area contributed by atoms with Crippen molar-refractivity contribution in [3.8, 4) is 10.6 Å². The van der Waals surface area contributed by atoms with Gasteiger partial charge in [-0.3, -0.25) is 0 Å². The van der Waals surface area contributed by atoms with E-state index in [1.54, 1.807) is 11.3 Å². The number of hydrogen-bond donors (Lipinski definition) is 1. The second-order valence-electron chi connectivity index (χ2n) is 4.84. The Morgan fingerprint density at radius 3 is 2.62 bits per heavy atom. The Morgan fingerprint density at radius 2 is 1.95 bits per heavy atom. The monoisotopic (exact) mass is 314 g/mol. The van der Waals surface area contributed by atoms with Crippen molar-refractivity contribution in [3.63, 3.8) is 0 Å². The van der Waals surface area contributed by atoms with E-state index in [0.717, 1.165) is 27.8 Å². The highest BCUT2D eigenvalue weighted by Gasteiger charge is 2.02. The minimum atomic E-state index is 0.782. The summed E-state index contributed by atoms with van der Waals surface area (Å²) in [5.74, 6) is 0. The van der Waals surface area contributed by atoms with Crippen molar-refractivity contribution in [1.82, 2.24) is 4.98 Å². The molecule has 0 aliphatic heterocycles. The van der Waals surface area contributed by atoms with E-state index in [-0.39, 0.29) is 0 Å². The smallest absolute Gasteiger partial charge is 0.123 e. The first-order chi connectivity index (χ1) is 10.2. The molecule has 21 heavy (non-hydrogen) atoms. The third-order valence-electron chi connectivity index (χ3n) is 3.35. The van der Waals surface area contributed by atoms with Gasteiger partial charge in [-0.15, -0.1) is 11.3 Å². The Labute approximate surface area is 133 Å². The van der Waals surface area contributed by atoms with Crippen LogP contribution in [0.25, 0.3) is 10.6 Å². The number of rotatable bonds is 4. The highest BCUT2D eigenvalue weighted by atomic mass is 35.5. The Hall–Kier alpha value is -1.84. The van der Waals surface area contributed by atoms with Gasteiger partial charge in [-0.1, -0.05) is 17.7 Å². The summed E-state index contributed by atoms with van der Waals surface area (Å²) in [6.45, 7) is 2.87. The number of thiazole rings is 1. The Kier molecular flexibility index (Phi) is 4.23. The molecule has 0 amide bonds. The highest BCUT2D eigenvalue weighted by Crippen LogP contribution is 2.23. The van der Waals surface area contributed by atoms with Crippen LogP contribution in [0.1, 0.15) is 11.1 Å². The van der Waals surface area contributed by atoms with Crippen LogP contribution in [0.5, 0.6) is 0 Å². The lowest BCUT2D eigenvalue weighted by molar-refractivity contribution is 1.12. The molecule has 2 nitrogen and oxygen atoms in total. The average Bonchev–Trinajstić information content (AvgIpc) is 3.01. The summed E-state index contributed by atoms with van der Waals surface area (Å²) in [6.07, 6.45) is 1.83. The summed E-state index contributed by atoms with van der Waals surface area (Å²) in [6, 6.07) is 14.3. The highest BCUT2D eigenvalue weighted by molar-refractivity contribution is 7.13. The molecule has 1 heterocycles. The lowest BCUT2D eigenvalue weighted by Gasteiger charge is -2.10. The predicted octanol–water partition coefficient (Wildman–Crippen LogP) is 5.38. The number of nitrogens with one attached hydrogen (secondary N) is 1. The summed E-state index contributed by atoms with van der Waals surface area (Å²) >= 11 is 7.63. The van der Waals surface area contributed by atoms with Crippen LogP contribution in [-0.2, 0) is 6.54 Å². The van der Waals surface area contributed by atoms with Gasteiger partial charge in [0.2, 0.25) is 0 Å². The Morgan fingerprint density at radius 1 is 1.14 bits per heavy atom. The van der Waals surface area contributed by atoms with Crippen molar-refractivity contribution in [1.29, 1.82) is 0 Å². The molecule has 0 aliphatic carbocycles. The maximum absolute atomic E-state index is 5.98. The molecule has 0 aliphatic rings. The lowest BCUT2D eigenvalue weighted by Crippen LogP contribution is -2.01. The fourth-order valence-corrected chi connectivity index (χ4v) is 3.02. The minimum Gasteiger partial charge on any atom is -0.381 e. The van der Waals surface area contributed by atoms with E-state index >= 15 is 0 Å². The topological polar surface area (TPSA) is 24.9 Å². The molecule has 0 saturated carbocycles. The van der Waals surface area contributed by atoms with E-state index in [0.29, 0.717) is 0 Å². The molecule has 106 valence electrons. The zero-order valence-corrected chi connectivity index (χ0v) is 13.2. The second-order valence-corrected chi connectivity index (χ2v) is 6.17. The quantitative estimate of drug-likeness (QED) is 0.699. The number of nitrogens with zero attached hydrogens (tertiary/aromatic N) is 1. The first kappa shape index (κ1) is 14.1. The summed E-state index contributed by atoms with van der Waals surface area (Å²) in [5, 5.41) is 7.26. The Balaban J connectivity index is 1.68. The number of aryl methyl sites for hydroxylation is 1. The number of benzene rings is 2.